The van der Waals surface area contributed by atoms with E-state index >= 15 is 0 Å². The molecule has 2 atom stereocenters. The van der Waals surface area contributed by atoms with E-state index < -0.39 is 18.1 Å². The number of likely N-dealkylation sites (N-methyl/N-ethyl adjacent to an activating group) is 1. The first-order valence-electron chi connectivity index (χ1n) is 20.7. The van der Waals surface area contributed by atoms with E-state index in [4.69, 9.17) is 14.2 Å². The SMILES string of the molecule is CC/C=C/C/C=C/CCCCC(=O)OC(COCCC(C(=O)[O-])[N+](C)(C)C)COC(=O)CCCCCCCCCCCC/C=C/C=C/CCCCC. The minimum atomic E-state index is -1.13. The van der Waals surface area contributed by atoms with Crippen LogP contribution in [0.2, 0.25) is 0 Å². The maximum absolute atomic E-state index is 12.6. The second-order valence-corrected chi connectivity index (χ2v) is 14.9. The summed E-state index contributed by atoms with van der Waals surface area (Å²) >= 11 is 0. The standard InChI is InChI=1S/C44H77NO7/c1-6-8-10-12-14-16-17-18-19-20-21-22-23-24-25-27-28-30-32-34-42(46)51-39-40(38-50-37-36-41(44(48)49)45(3,4)5)52-43(47)35-33-31-29-26-15-13-11-9-7-2/h9,11,14-18,26,40-41H,6-8,10,12-13,19-25,27-39H2,1-5H3/b11-9+,16-14+,18-17+,26-15+. The number of nitrogens with zero attached hydrogens (tertiary/aromatic N) is 1. The number of esters is 2. The third-order valence-corrected chi connectivity index (χ3v) is 8.98. The number of carboxylic acids is 1. The van der Waals surface area contributed by atoms with Crippen molar-refractivity contribution in [1.29, 1.82) is 0 Å². The van der Waals surface area contributed by atoms with Crippen molar-refractivity contribution in [3.05, 3.63) is 48.6 Å². The Morgan fingerprint density at radius 2 is 1.13 bits per heavy atom. The Morgan fingerprint density at radius 3 is 1.73 bits per heavy atom. The first kappa shape index (κ1) is 49.3. The molecule has 52 heavy (non-hydrogen) atoms. The van der Waals surface area contributed by atoms with Gasteiger partial charge in [-0.2, -0.15) is 0 Å². The van der Waals surface area contributed by atoms with Gasteiger partial charge in [-0.05, 0) is 64.2 Å². The van der Waals surface area contributed by atoms with E-state index in [9.17, 15) is 19.5 Å². The highest BCUT2D eigenvalue weighted by Gasteiger charge is 2.25. The van der Waals surface area contributed by atoms with Crippen LogP contribution in [0.1, 0.15) is 162 Å². The van der Waals surface area contributed by atoms with Gasteiger partial charge in [0.1, 0.15) is 12.6 Å². The zero-order valence-electron chi connectivity index (χ0n) is 34.0. The van der Waals surface area contributed by atoms with Crippen LogP contribution in [0, 0.1) is 0 Å². The van der Waals surface area contributed by atoms with Crippen LogP contribution in [0.15, 0.2) is 48.6 Å². The smallest absolute Gasteiger partial charge is 0.306 e. The minimum absolute atomic E-state index is 0.0256. The molecule has 0 saturated heterocycles. The predicted octanol–water partition coefficient (Wildman–Crippen LogP) is 9.52. The molecule has 0 saturated carbocycles. The van der Waals surface area contributed by atoms with Crippen molar-refractivity contribution in [2.75, 3.05) is 41.0 Å². The van der Waals surface area contributed by atoms with Gasteiger partial charge in [0, 0.05) is 19.3 Å². The van der Waals surface area contributed by atoms with Crippen LogP contribution < -0.4 is 5.11 Å². The van der Waals surface area contributed by atoms with Gasteiger partial charge in [-0.25, -0.2) is 0 Å². The van der Waals surface area contributed by atoms with E-state index in [1.807, 2.05) is 0 Å². The van der Waals surface area contributed by atoms with Gasteiger partial charge in [0.2, 0.25) is 0 Å². The summed E-state index contributed by atoms with van der Waals surface area (Å²) in [6.45, 7) is 4.45. The number of quaternary nitrogens is 1. The fourth-order valence-corrected chi connectivity index (χ4v) is 5.74. The summed E-state index contributed by atoms with van der Waals surface area (Å²) in [6, 6.07) is -0.731. The average molecular weight is 732 g/mol. The van der Waals surface area contributed by atoms with Gasteiger partial charge in [0.25, 0.3) is 0 Å². The van der Waals surface area contributed by atoms with Crippen molar-refractivity contribution < 1.29 is 38.2 Å². The molecular formula is C44H77NO7. The molecule has 0 amide bonds. The zero-order valence-corrected chi connectivity index (χ0v) is 34.0. The van der Waals surface area contributed by atoms with E-state index in [0.29, 0.717) is 12.8 Å². The Labute approximate surface area is 318 Å². The van der Waals surface area contributed by atoms with E-state index in [1.54, 1.807) is 21.1 Å². The van der Waals surface area contributed by atoms with Crippen LogP contribution in [-0.2, 0) is 28.6 Å². The summed E-state index contributed by atoms with van der Waals surface area (Å²) in [5.41, 5.74) is 0. The lowest BCUT2D eigenvalue weighted by atomic mass is 10.1. The van der Waals surface area contributed by atoms with Crippen molar-refractivity contribution in [1.82, 2.24) is 0 Å². The van der Waals surface area contributed by atoms with Crippen molar-refractivity contribution in [3.63, 3.8) is 0 Å². The molecule has 8 nitrogen and oxygen atoms in total. The number of allylic oxidation sites excluding steroid dienone is 8. The fourth-order valence-electron chi connectivity index (χ4n) is 5.74. The van der Waals surface area contributed by atoms with Gasteiger partial charge in [0.05, 0.1) is 40.3 Å². The highest BCUT2D eigenvalue weighted by atomic mass is 16.6. The summed E-state index contributed by atoms with van der Waals surface area (Å²) in [4.78, 5) is 36.6. The number of carbonyl (C=O) groups is 3. The normalized spacial score (nSPS) is 13.5. The molecule has 0 N–H and O–H groups in total. The first-order valence-corrected chi connectivity index (χ1v) is 20.7. The van der Waals surface area contributed by atoms with E-state index in [-0.39, 0.29) is 49.1 Å². The Bertz CT molecular complexity index is 995. The summed E-state index contributed by atoms with van der Waals surface area (Å²) in [7, 11) is 5.38. The first-order chi connectivity index (χ1) is 25.1. The zero-order chi connectivity index (χ0) is 38.5. The molecule has 0 fully saturated rings. The second-order valence-electron chi connectivity index (χ2n) is 14.9. The Hall–Kier alpha value is -2.71. The van der Waals surface area contributed by atoms with Gasteiger partial charge >= 0.3 is 11.9 Å². The molecule has 0 heterocycles. The summed E-state index contributed by atoms with van der Waals surface area (Å²) < 4.78 is 17.0. The Morgan fingerprint density at radius 1 is 0.615 bits per heavy atom. The third kappa shape index (κ3) is 33.1. The number of aliphatic carboxylic acids is 1. The van der Waals surface area contributed by atoms with E-state index in [1.165, 1.54) is 77.0 Å². The van der Waals surface area contributed by atoms with Crippen LogP contribution in [0.4, 0.5) is 0 Å². The molecule has 2 unspecified atom stereocenters. The van der Waals surface area contributed by atoms with Gasteiger partial charge in [0.15, 0.2) is 6.10 Å². The fraction of sp³-hybridized carbons (Fsp3) is 0.750. The van der Waals surface area contributed by atoms with Crippen molar-refractivity contribution >= 4 is 17.9 Å². The van der Waals surface area contributed by atoms with Crippen LogP contribution in [0.25, 0.3) is 0 Å². The quantitative estimate of drug-likeness (QED) is 0.0208. The lowest BCUT2D eigenvalue weighted by Gasteiger charge is -2.34. The molecule has 0 aromatic carbocycles. The number of hydrogen-bond acceptors (Lipinski definition) is 7. The van der Waals surface area contributed by atoms with E-state index in [0.717, 1.165) is 44.9 Å². The lowest BCUT2D eigenvalue weighted by Crippen LogP contribution is -2.55. The minimum Gasteiger partial charge on any atom is -0.544 e. The van der Waals surface area contributed by atoms with Crippen LogP contribution >= 0.6 is 0 Å². The maximum atomic E-state index is 12.6. The summed E-state index contributed by atoms with van der Waals surface area (Å²) in [6.07, 6.45) is 40.1. The molecule has 0 rings (SSSR count). The maximum Gasteiger partial charge on any atom is 0.306 e. The van der Waals surface area contributed by atoms with Crippen molar-refractivity contribution in [2.45, 2.75) is 174 Å². The average Bonchev–Trinajstić information content (AvgIpc) is 3.09. The highest BCUT2D eigenvalue weighted by Crippen LogP contribution is 2.14. The molecule has 0 radical (unpaired) electrons. The highest BCUT2D eigenvalue weighted by molar-refractivity contribution is 5.70. The molecule has 0 spiro atoms. The van der Waals surface area contributed by atoms with Gasteiger partial charge in [-0.15, -0.1) is 0 Å². The van der Waals surface area contributed by atoms with Gasteiger partial charge in [-0.3, -0.25) is 9.59 Å². The predicted molar refractivity (Wildman–Crippen MR) is 213 cm³/mol. The van der Waals surface area contributed by atoms with Gasteiger partial charge < -0.3 is 28.6 Å². The Balaban J connectivity index is 4.29. The number of unbranched alkanes of at least 4 members (excludes halogenated alkanes) is 15. The monoisotopic (exact) mass is 732 g/mol. The third-order valence-electron chi connectivity index (χ3n) is 8.98. The van der Waals surface area contributed by atoms with Crippen molar-refractivity contribution in [2.24, 2.45) is 0 Å². The molecular weight excluding hydrogens is 654 g/mol. The number of carbonyl (C=O) groups excluding carboxylic acids is 3. The Kier molecular flexibility index (Phi) is 33.5. The molecule has 0 aliphatic rings. The molecule has 0 aromatic heterocycles. The molecule has 300 valence electrons. The summed E-state index contributed by atoms with van der Waals surface area (Å²) in [5, 5.41) is 11.6. The van der Waals surface area contributed by atoms with Crippen LogP contribution in [-0.4, -0.2) is 75.5 Å². The molecule has 8 heteroatoms. The second kappa shape index (κ2) is 35.3. The lowest BCUT2D eigenvalue weighted by molar-refractivity contribution is -0.889. The number of carboxylic acid groups (broad SMARTS) is 1. The number of ether oxygens (including phenoxy) is 3. The molecule has 0 aromatic rings. The molecule has 0 aliphatic heterocycles. The largest absolute Gasteiger partial charge is 0.544 e. The van der Waals surface area contributed by atoms with Crippen molar-refractivity contribution in [3.8, 4) is 0 Å². The molecule has 0 bridgehead atoms. The number of rotatable bonds is 36. The topological polar surface area (TPSA) is 102 Å². The van der Waals surface area contributed by atoms with E-state index in [2.05, 4.69) is 62.5 Å². The van der Waals surface area contributed by atoms with Crippen LogP contribution in [0.3, 0.4) is 0 Å². The summed E-state index contributed by atoms with van der Waals surface area (Å²) in [5.74, 6) is -1.79. The van der Waals surface area contributed by atoms with Gasteiger partial charge in [-0.1, -0.05) is 127 Å². The number of hydrogen-bond donors (Lipinski definition) is 0. The molecule has 0 aliphatic carbocycles. The van der Waals surface area contributed by atoms with Crippen LogP contribution in [0.5, 0.6) is 0 Å².